The maximum atomic E-state index is 11.9. The molecule has 0 bridgehead atoms. The first kappa shape index (κ1) is 19.4. The Balaban J connectivity index is 2.72. The van der Waals surface area contributed by atoms with E-state index >= 15 is 0 Å². The number of benzene rings is 1. The number of esters is 1. The van der Waals surface area contributed by atoms with Crippen molar-refractivity contribution in [1.29, 1.82) is 0 Å². The molecule has 2 rings (SSSR count). The lowest BCUT2D eigenvalue weighted by Gasteiger charge is -2.11. The molecule has 2 aromatic rings. The summed E-state index contributed by atoms with van der Waals surface area (Å²) in [5.74, 6) is -2.04. The number of furan rings is 1. The summed E-state index contributed by atoms with van der Waals surface area (Å²) in [7, 11) is -0.939. The SMILES string of the molecule is CCS(=O)(=O)Nc1oc(-c2c(OC)cccc2OC)c(O)c1OC(C)=O. The minimum Gasteiger partial charge on any atom is -0.502 e. The summed E-state index contributed by atoms with van der Waals surface area (Å²) in [4.78, 5) is 11.3. The highest BCUT2D eigenvalue weighted by atomic mass is 32.2. The van der Waals surface area contributed by atoms with Crippen LogP contribution >= 0.6 is 0 Å². The minimum absolute atomic E-state index is 0.177. The van der Waals surface area contributed by atoms with E-state index in [0.717, 1.165) is 6.92 Å². The largest absolute Gasteiger partial charge is 0.502 e. The second-order valence-electron chi connectivity index (χ2n) is 5.07. The second-order valence-corrected chi connectivity index (χ2v) is 7.09. The highest BCUT2D eigenvalue weighted by Gasteiger charge is 2.30. The van der Waals surface area contributed by atoms with E-state index < -0.39 is 33.4 Å². The molecule has 0 fully saturated rings. The van der Waals surface area contributed by atoms with E-state index in [1.807, 2.05) is 0 Å². The monoisotopic (exact) mass is 385 g/mol. The Morgan fingerprint density at radius 1 is 1.23 bits per heavy atom. The van der Waals surface area contributed by atoms with Gasteiger partial charge in [0.05, 0.1) is 20.0 Å². The summed E-state index contributed by atoms with van der Waals surface area (Å²) < 4.78 is 46.8. The van der Waals surface area contributed by atoms with Gasteiger partial charge in [-0.15, -0.1) is 0 Å². The molecule has 10 heteroatoms. The number of hydrogen-bond acceptors (Lipinski definition) is 8. The molecule has 0 amide bonds. The fraction of sp³-hybridized carbons (Fsp3) is 0.312. The lowest BCUT2D eigenvalue weighted by Crippen LogP contribution is -2.15. The van der Waals surface area contributed by atoms with Crippen LogP contribution in [0.1, 0.15) is 13.8 Å². The van der Waals surface area contributed by atoms with E-state index in [9.17, 15) is 18.3 Å². The smallest absolute Gasteiger partial charge is 0.308 e. The summed E-state index contributed by atoms with van der Waals surface area (Å²) in [5, 5.41) is 10.5. The molecule has 0 unspecified atom stereocenters. The molecule has 0 aliphatic heterocycles. The predicted molar refractivity (Wildman–Crippen MR) is 93.3 cm³/mol. The third-order valence-electron chi connectivity index (χ3n) is 3.37. The Morgan fingerprint density at radius 2 is 1.81 bits per heavy atom. The fourth-order valence-corrected chi connectivity index (χ4v) is 2.73. The van der Waals surface area contributed by atoms with Crippen LogP contribution in [0.3, 0.4) is 0 Å². The molecule has 9 nitrogen and oxygen atoms in total. The van der Waals surface area contributed by atoms with Crippen LogP contribution in [0.2, 0.25) is 0 Å². The maximum absolute atomic E-state index is 11.9. The van der Waals surface area contributed by atoms with Crippen molar-refractivity contribution < 1.29 is 36.9 Å². The van der Waals surface area contributed by atoms with Crippen LogP contribution in [0.4, 0.5) is 5.88 Å². The van der Waals surface area contributed by atoms with Crippen LogP contribution in [0.25, 0.3) is 11.3 Å². The van der Waals surface area contributed by atoms with Gasteiger partial charge in [-0.3, -0.25) is 4.79 Å². The van der Waals surface area contributed by atoms with Crippen LogP contribution in [-0.4, -0.2) is 39.5 Å². The van der Waals surface area contributed by atoms with E-state index in [1.165, 1.54) is 21.1 Å². The molecule has 1 heterocycles. The van der Waals surface area contributed by atoms with E-state index in [4.69, 9.17) is 18.6 Å². The topological polar surface area (TPSA) is 124 Å². The molecule has 0 saturated carbocycles. The summed E-state index contributed by atoms with van der Waals surface area (Å²) in [6.07, 6.45) is 0. The average Bonchev–Trinajstić information content (AvgIpc) is 2.89. The number of methoxy groups -OCH3 is 2. The van der Waals surface area contributed by atoms with Gasteiger partial charge in [0, 0.05) is 6.92 Å². The first-order valence-corrected chi connectivity index (χ1v) is 9.15. The zero-order chi connectivity index (χ0) is 19.5. The summed E-state index contributed by atoms with van der Waals surface area (Å²) >= 11 is 0. The quantitative estimate of drug-likeness (QED) is 0.696. The van der Waals surface area contributed by atoms with Gasteiger partial charge in [-0.25, -0.2) is 13.1 Å². The van der Waals surface area contributed by atoms with Crippen molar-refractivity contribution in [2.45, 2.75) is 13.8 Å². The van der Waals surface area contributed by atoms with Gasteiger partial charge >= 0.3 is 5.97 Å². The number of sulfonamides is 1. The molecule has 0 saturated heterocycles. The molecular formula is C16H19NO8S. The van der Waals surface area contributed by atoms with Gasteiger partial charge in [0.25, 0.3) is 5.88 Å². The Bertz CT molecular complexity index is 894. The van der Waals surface area contributed by atoms with Crippen molar-refractivity contribution in [3.63, 3.8) is 0 Å². The molecular weight excluding hydrogens is 366 g/mol. The Morgan fingerprint density at radius 3 is 2.27 bits per heavy atom. The van der Waals surface area contributed by atoms with Gasteiger partial charge < -0.3 is 23.7 Å². The predicted octanol–water partition coefficient (Wildman–Crippen LogP) is 2.36. The van der Waals surface area contributed by atoms with Gasteiger partial charge in [0.15, 0.2) is 5.76 Å². The number of nitrogens with one attached hydrogen (secondary N) is 1. The van der Waals surface area contributed by atoms with Crippen LogP contribution in [0.15, 0.2) is 22.6 Å². The third kappa shape index (κ3) is 3.85. The van der Waals surface area contributed by atoms with E-state index in [-0.39, 0.29) is 17.1 Å². The van der Waals surface area contributed by atoms with Gasteiger partial charge in [-0.2, -0.15) is 0 Å². The lowest BCUT2D eigenvalue weighted by molar-refractivity contribution is -0.131. The molecule has 0 radical (unpaired) electrons. The molecule has 142 valence electrons. The summed E-state index contributed by atoms with van der Waals surface area (Å²) in [5.41, 5.74) is 0.227. The summed E-state index contributed by atoms with van der Waals surface area (Å²) in [6, 6.07) is 4.86. The molecule has 1 aromatic carbocycles. The van der Waals surface area contributed by atoms with Crippen molar-refractivity contribution in [3.05, 3.63) is 18.2 Å². The highest BCUT2D eigenvalue weighted by molar-refractivity contribution is 7.92. The number of aromatic hydroxyl groups is 1. The van der Waals surface area contributed by atoms with Gasteiger partial charge in [0.2, 0.25) is 21.5 Å². The van der Waals surface area contributed by atoms with E-state index in [2.05, 4.69) is 4.72 Å². The number of hydrogen-bond donors (Lipinski definition) is 2. The minimum atomic E-state index is -3.76. The zero-order valence-electron chi connectivity index (χ0n) is 14.7. The standard InChI is InChI=1S/C16H19NO8S/c1-5-26(20,21)17-16-15(24-9(2)18)13(19)14(25-16)12-10(22-3)7-6-8-11(12)23-4/h6-8,17,19H,5H2,1-4H3. The van der Waals surface area contributed by atoms with Gasteiger partial charge in [-0.05, 0) is 19.1 Å². The number of carbonyl (C=O) groups excluding carboxylic acids is 1. The highest BCUT2D eigenvalue weighted by Crippen LogP contribution is 2.51. The fourth-order valence-electron chi connectivity index (χ4n) is 2.17. The second kappa shape index (κ2) is 7.56. The summed E-state index contributed by atoms with van der Waals surface area (Å²) in [6.45, 7) is 2.52. The van der Waals surface area contributed by atoms with Crippen LogP contribution < -0.4 is 18.9 Å². The molecule has 0 aliphatic rings. The normalized spacial score (nSPS) is 11.1. The molecule has 2 N–H and O–H groups in total. The molecule has 26 heavy (non-hydrogen) atoms. The van der Waals surface area contributed by atoms with Gasteiger partial charge in [0.1, 0.15) is 17.1 Å². The van der Waals surface area contributed by atoms with Crippen molar-refractivity contribution >= 4 is 21.9 Å². The molecule has 0 atom stereocenters. The Labute approximate surface area is 150 Å². The number of carbonyl (C=O) groups is 1. The van der Waals surface area contributed by atoms with Crippen molar-refractivity contribution in [2.24, 2.45) is 0 Å². The van der Waals surface area contributed by atoms with E-state index in [0.29, 0.717) is 11.5 Å². The molecule has 0 spiro atoms. The van der Waals surface area contributed by atoms with E-state index in [1.54, 1.807) is 18.2 Å². The van der Waals surface area contributed by atoms with Crippen molar-refractivity contribution in [3.8, 4) is 34.3 Å². The number of rotatable bonds is 7. The van der Waals surface area contributed by atoms with Crippen molar-refractivity contribution in [2.75, 3.05) is 24.7 Å². The Hall–Kier alpha value is -2.88. The zero-order valence-corrected chi connectivity index (χ0v) is 15.5. The maximum Gasteiger partial charge on any atom is 0.308 e. The van der Waals surface area contributed by atoms with Crippen LogP contribution in [0, 0.1) is 0 Å². The van der Waals surface area contributed by atoms with Crippen molar-refractivity contribution in [1.82, 2.24) is 0 Å². The van der Waals surface area contributed by atoms with Crippen LogP contribution in [0.5, 0.6) is 23.0 Å². The Kier molecular flexibility index (Phi) is 5.66. The average molecular weight is 385 g/mol. The van der Waals surface area contributed by atoms with Gasteiger partial charge in [-0.1, -0.05) is 6.07 Å². The number of ether oxygens (including phenoxy) is 3. The van der Waals surface area contributed by atoms with Crippen LogP contribution in [-0.2, 0) is 14.8 Å². The lowest BCUT2D eigenvalue weighted by atomic mass is 10.1. The number of anilines is 1. The third-order valence-corrected chi connectivity index (χ3v) is 4.63. The molecule has 0 aliphatic carbocycles. The molecule has 1 aromatic heterocycles. The first-order chi connectivity index (χ1) is 12.2. The first-order valence-electron chi connectivity index (χ1n) is 7.50.